The fourth-order valence-electron chi connectivity index (χ4n) is 1.16. The molecule has 1 N–H and O–H groups in total. The number of nitrogens with zero attached hydrogens (tertiary/aromatic N) is 2. The number of halogens is 1. The zero-order valence-electron chi connectivity index (χ0n) is 9.53. The van der Waals surface area contributed by atoms with Crippen LogP contribution in [-0.2, 0) is 0 Å². The minimum Gasteiger partial charge on any atom is -0.351 e. The van der Waals surface area contributed by atoms with E-state index in [9.17, 15) is 9.18 Å². The van der Waals surface area contributed by atoms with Crippen molar-refractivity contribution in [1.82, 2.24) is 15.2 Å². The molecule has 4 nitrogen and oxygen atoms in total. The number of aromatic nitrogens is 1. The molecule has 0 aliphatic rings. The van der Waals surface area contributed by atoms with E-state index in [1.807, 2.05) is 14.0 Å². The topological polar surface area (TPSA) is 45.2 Å². The number of nitrogens with one attached hydrogen (secondary N) is 1. The molecule has 0 radical (unpaired) electrons. The van der Waals surface area contributed by atoms with Gasteiger partial charge in [0.05, 0.1) is 0 Å². The van der Waals surface area contributed by atoms with Crippen LogP contribution in [0.25, 0.3) is 0 Å². The molecule has 0 saturated heterocycles. The molecule has 16 heavy (non-hydrogen) atoms. The summed E-state index contributed by atoms with van der Waals surface area (Å²) in [4.78, 5) is 17.0. The van der Waals surface area contributed by atoms with Gasteiger partial charge in [0.25, 0.3) is 5.91 Å². The highest BCUT2D eigenvalue weighted by Gasteiger charge is 2.06. The summed E-state index contributed by atoms with van der Waals surface area (Å²) in [5.41, 5.74) is 0.298. The van der Waals surface area contributed by atoms with E-state index in [0.717, 1.165) is 19.2 Å². The third-order valence-corrected chi connectivity index (χ3v) is 2.31. The Balaban J connectivity index is 2.41. The van der Waals surface area contributed by atoms with E-state index < -0.39 is 5.95 Å². The number of carbonyl (C=O) groups excluding carboxylic acids is 1. The predicted octanol–water partition coefficient (Wildman–Crippen LogP) is 0.902. The Hall–Kier alpha value is -1.49. The van der Waals surface area contributed by atoms with Gasteiger partial charge < -0.3 is 10.2 Å². The lowest BCUT2D eigenvalue weighted by Crippen LogP contribution is -2.32. The van der Waals surface area contributed by atoms with Crippen LogP contribution in [0.5, 0.6) is 0 Å². The van der Waals surface area contributed by atoms with Gasteiger partial charge in [0.15, 0.2) is 0 Å². The summed E-state index contributed by atoms with van der Waals surface area (Å²) >= 11 is 0. The summed E-state index contributed by atoms with van der Waals surface area (Å²) in [5.74, 6) is -0.913. The number of hydrogen-bond acceptors (Lipinski definition) is 3. The fraction of sp³-hybridized carbons (Fsp3) is 0.455. The van der Waals surface area contributed by atoms with Gasteiger partial charge in [-0.3, -0.25) is 4.79 Å². The molecule has 0 bridgehead atoms. The standard InChI is InChI=1S/C11H16FN3O/c1-3-15(2)7-6-14-11(16)9-4-5-13-10(12)8-9/h4-5,8H,3,6-7H2,1-2H3,(H,14,16). The van der Waals surface area contributed by atoms with Gasteiger partial charge in [-0.05, 0) is 19.7 Å². The van der Waals surface area contributed by atoms with E-state index >= 15 is 0 Å². The van der Waals surface area contributed by atoms with Crippen molar-refractivity contribution in [2.45, 2.75) is 6.92 Å². The summed E-state index contributed by atoms with van der Waals surface area (Å²) in [6, 6.07) is 2.61. The maximum atomic E-state index is 12.7. The lowest BCUT2D eigenvalue weighted by Gasteiger charge is -2.13. The number of rotatable bonds is 5. The number of hydrogen-bond donors (Lipinski definition) is 1. The SMILES string of the molecule is CCN(C)CCNC(=O)c1ccnc(F)c1. The summed E-state index contributed by atoms with van der Waals surface area (Å²) in [6.45, 7) is 4.29. The normalized spacial score (nSPS) is 10.5. The van der Waals surface area contributed by atoms with Crippen molar-refractivity contribution >= 4 is 5.91 Å². The first-order valence-electron chi connectivity index (χ1n) is 5.21. The van der Waals surface area contributed by atoms with Crippen LogP contribution in [0.1, 0.15) is 17.3 Å². The maximum Gasteiger partial charge on any atom is 0.251 e. The Morgan fingerprint density at radius 2 is 2.38 bits per heavy atom. The van der Waals surface area contributed by atoms with Crippen LogP contribution in [0.3, 0.4) is 0 Å². The number of carbonyl (C=O) groups is 1. The van der Waals surface area contributed by atoms with Crippen molar-refractivity contribution in [3.05, 3.63) is 29.8 Å². The van der Waals surface area contributed by atoms with Crippen molar-refractivity contribution in [1.29, 1.82) is 0 Å². The highest BCUT2D eigenvalue weighted by atomic mass is 19.1. The molecule has 5 heteroatoms. The average molecular weight is 225 g/mol. The van der Waals surface area contributed by atoms with Gasteiger partial charge in [0.1, 0.15) is 0 Å². The molecular weight excluding hydrogens is 209 g/mol. The molecule has 1 rings (SSSR count). The molecule has 0 unspecified atom stereocenters. The lowest BCUT2D eigenvalue weighted by atomic mass is 10.2. The van der Waals surface area contributed by atoms with Gasteiger partial charge in [0.2, 0.25) is 5.95 Å². The molecular formula is C11H16FN3O. The van der Waals surface area contributed by atoms with Gasteiger partial charge in [-0.25, -0.2) is 4.98 Å². The zero-order valence-corrected chi connectivity index (χ0v) is 9.53. The Kier molecular flexibility index (Phi) is 4.85. The Bertz CT molecular complexity index is 357. The van der Waals surface area contributed by atoms with Crippen LogP contribution >= 0.6 is 0 Å². The minimum atomic E-state index is -0.640. The fourth-order valence-corrected chi connectivity index (χ4v) is 1.16. The maximum absolute atomic E-state index is 12.7. The van der Waals surface area contributed by atoms with E-state index in [2.05, 4.69) is 15.2 Å². The van der Waals surface area contributed by atoms with E-state index in [1.54, 1.807) is 0 Å². The number of amides is 1. The lowest BCUT2D eigenvalue weighted by molar-refractivity contribution is 0.0949. The molecule has 88 valence electrons. The molecule has 0 aliphatic carbocycles. The molecule has 1 aromatic rings. The summed E-state index contributed by atoms with van der Waals surface area (Å²) in [5, 5.41) is 2.72. The molecule has 1 amide bonds. The van der Waals surface area contributed by atoms with Gasteiger partial charge in [-0.1, -0.05) is 6.92 Å². The molecule has 1 aromatic heterocycles. The molecule has 0 saturated carbocycles. The van der Waals surface area contributed by atoms with Crippen LogP contribution < -0.4 is 5.32 Å². The van der Waals surface area contributed by atoms with Gasteiger partial charge in [-0.15, -0.1) is 0 Å². The van der Waals surface area contributed by atoms with Crippen LogP contribution in [0.4, 0.5) is 4.39 Å². The number of likely N-dealkylation sites (N-methyl/N-ethyl adjacent to an activating group) is 1. The predicted molar refractivity (Wildman–Crippen MR) is 59.7 cm³/mol. The first-order chi connectivity index (χ1) is 7.63. The quantitative estimate of drug-likeness (QED) is 0.757. The molecule has 1 heterocycles. The molecule has 0 spiro atoms. The molecule has 0 aliphatic heterocycles. The van der Waals surface area contributed by atoms with Crippen LogP contribution in [-0.4, -0.2) is 42.5 Å². The van der Waals surface area contributed by atoms with Gasteiger partial charge in [0, 0.05) is 30.9 Å². The van der Waals surface area contributed by atoms with Crippen LogP contribution in [0.2, 0.25) is 0 Å². The Labute approximate surface area is 94.5 Å². The van der Waals surface area contributed by atoms with Crippen LogP contribution in [0, 0.1) is 5.95 Å². The second-order valence-corrected chi connectivity index (χ2v) is 3.52. The van der Waals surface area contributed by atoms with Crippen molar-refractivity contribution in [2.75, 3.05) is 26.7 Å². The molecule has 0 aromatic carbocycles. The molecule has 0 atom stereocenters. The first kappa shape index (κ1) is 12.6. The molecule has 0 fully saturated rings. The van der Waals surface area contributed by atoms with Crippen LogP contribution in [0.15, 0.2) is 18.3 Å². The monoisotopic (exact) mass is 225 g/mol. The number of pyridine rings is 1. The summed E-state index contributed by atoms with van der Waals surface area (Å²) in [7, 11) is 1.97. The van der Waals surface area contributed by atoms with E-state index in [-0.39, 0.29) is 5.91 Å². The summed E-state index contributed by atoms with van der Waals surface area (Å²) < 4.78 is 12.7. The largest absolute Gasteiger partial charge is 0.351 e. The van der Waals surface area contributed by atoms with Crippen molar-refractivity contribution in [3.8, 4) is 0 Å². The van der Waals surface area contributed by atoms with Gasteiger partial charge in [-0.2, -0.15) is 4.39 Å². The van der Waals surface area contributed by atoms with E-state index in [0.29, 0.717) is 12.1 Å². The third kappa shape index (κ3) is 3.94. The van der Waals surface area contributed by atoms with Gasteiger partial charge >= 0.3 is 0 Å². The third-order valence-electron chi connectivity index (χ3n) is 2.31. The Morgan fingerprint density at radius 1 is 1.62 bits per heavy atom. The minimum absolute atomic E-state index is 0.272. The second-order valence-electron chi connectivity index (χ2n) is 3.52. The summed E-state index contributed by atoms with van der Waals surface area (Å²) in [6.07, 6.45) is 1.28. The highest BCUT2D eigenvalue weighted by molar-refractivity contribution is 5.93. The second kappa shape index (κ2) is 6.17. The smallest absolute Gasteiger partial charge is 0.251 e. The van der Waals surface area contributed by atoms with Crippen molar-refractivity contribution < 1.29 is 9.18 Å². The van der Waals surface area contributed by atoms with Crippen molar-refractivity contribution in [3.63, 3.8) is 0 Å². The zero-order chi connectivity index (χ0) is 12.0. The highest BCUT2D eigenvalue weighted by Crippen LogP contribution is 1.99. The van der Waals surface area contributed by atoms with E-state index in [1.165, 1.54) is 12.3 Å². The Morgan fingerprint density at radius 3 is 3.00 bits per heavy atom. The average Bonchev–Trinajstić information content (AvgIpc) is 2.28. The van der Waals surface area contributed by atoms with E-state index in [4.69, 9.17) is 0 Å². The first-order valence-corrected chi connectivity index (χ1v) is 5.21. The van der Waals surface area contributed by atoms with Crippen molar-refractivity contribution in [2.24, 2.45) is 0 Å².